The maximum atomic E-state index is 6.03. The van der Waals surface area contributed by atoms with Gasteiger partial charge >= 0.3 is 0 Å². The second-order valence-corrected chi connectivity index (χ2v) is 4.96. The molecule has 0 aromatic heterocycles. The zero-order valence-corrected chi connectivity index (χ0v) is 9.21. The highest BCUT2D eigenvalue weighted by Gasteiger charge is 2.26. The molecule has 0 N–H and O–H groups in total. The van der Waals surface area contributed by atoms with E-state index in [9.17, 15) is 0 Å². The monoisotopic (exact) mass is 190 g/mol. The molecule has 2 rings (SSSR count). The molecule has 0 saturated heterocycles. The molecule has 0 aliphatic heterocycles. The minimum atomic E-state index is -0.0396. The lowest BCUT2D eigenvalue weighted by Gasteiger charge is -2.25. The Kier molecular flexibility index (Phi) is 2.36. The van der Waals surface area contributed by atoms with Gasteiger partial charge in [-0.15, -0.1) is 0 Å². The van der Waals surface area contributed by atoms with E-state index in [1.807, 2.05) is 0 Å². The Morgan fingerprint density at radius 1 is 1.21 bits per heavy atom. The minimum absolute atomic E-state index is 0.0396. The molecular formula is C13H18O. The van der Waals surface area contributed by atoms with Crippen LogP contribution in [0.1, 0.15) is 44.4 Å². The molecule has 1 atom stereocenters. The van der Waals surface area contributed by atoms with Crippen LogP contribution in [-0.4, -0.2) is 5.60 Å². The summed E-state index contributed by atoms with van der Waals surface area (Å²) in [7, 11) is 0. The third-order valence-corrected chi connectivity index (χ3v) is 2.57. The molecule has 1 aliphatic carbocycles. The number of rotatable bonds is 1. The van der Waals surface area contributed by atoms with Crippen molar-refractivity contribution >= 4 is 0 Å². The van der Waals surface area contributed by atoms with Crippen LogP contribution in [0.5, 0.6) is 0 Å². The SMILES string of the molecule is CC(C)(C)OC1CCc2ccccc21. The molecule has 0 saturated carbocycles. The van der Waals surface area contributed by atoms with Gasteiger partial charge in [-0.25, -0.2) is 0 Å². The van der Waals surface area contributed by atoms with Gasteiger partial charge in [0.1, 0.15) is 0 Å². The van der Waals surface area contributed by atoms with Gasteiger partial charge in [0.15, 0.2) is 0 Å². The van der Waals surface area contributed by atoms with E-state index in [1.54, 1.807) is 0 Å². The first kappa shape index (κ1) is 9.72. The molecule has 1 heteroatoms. The second kappa shape index (κ2) is 3.39. The number of hydrogen-bond donors (Lipinski definition) is 0. The van der Waals surface area contributed by atoms with E-state index in [-0.39, 0.29) is 5.60 Å². The molecule has 0 fully saturated rings. The molecule has 1 nitrogen and oxygen atoms in total. The van der Waals surface area contributed by atoms with Crippen molar-refractivity contribution in [2.45, 2.75) is 45.3 Å². The van der Waals surface area contributed by atoms with Crippen molar-refractivity contribution in [2.75, 3.05) is 0 Å². The first-order valence-corrected chi connectivity index (χ1v) is 5.32. The highest BCUT2D eigenvalue weighted by molar-refractivity contribution is 5.33. The lowest BCUT2D eigenvalue weighted by atomic mass is 10.1. The van der Waals surface area contributed by atoms with Crippen LogP contribution in [0.3, 0.4) is 0 Å². The Morgan fingerprint density at radius 3 is 2.64 bits per heavy atom. The summed E-state index contributed by atoms with van der Waals surface area (Å²) in [6.07, 6.45) is 2.61. The average Bonchev–Trinajstić information content (AvgIpc) is 2.47. The fourth-order valence-electron chi connectivity index (χ4n) is 2.07. The van der Waals surface area contributed by atoms with Crippen LogP contribution in [0.2, 0.25) is 0 Å². The van der Waals surface area contributed by atoms with Crippen molar-refractivity contribution in [1.29, 1.82) is 0 Å². The molecule has 0 bridgehead atoms. The summed E-state index contributed by atoms with van der Waals surface area (Å²) in [6.45, 7) is 6.36. The Bertz CT molecular complexity index is 322. The van der Waals surface area contributed by atoms with E-state index in [1.165, 1.54) is 11.1 Å². The number of ether oxygens (including phenoxy) is 1. The van der Waals surface area contributed by atoms with Crippen molar-refractivity contribution in [3.8, 4) is 0 Å². The molecule has 0 amide bonds. The summed E-state index contributed by atoms with van der Waals surface area (Å²) < 4.78 is 6.03. The average molecular weight is 190 g/mol. The van der Waals surface area contributed by atoms with Crippen LogP contribution in [0.4, 0.5) is 0 Å². The Hall–Kier alpha value is -0.820. The van der Waals surface area contributed by atoms with Gasteiger partial charge in [-0.2, -0.15) is 0 Å². The van der Waals surface area contributed by atoms with Crippen molar-refractivity contribution in [2.24, 2.45) is 0 Å². The zero-order valence-electron chi connectivity index (χ0n) is 9.21. The summed E-state index contributed by atoms with van der Waals surface area (Å²) in [5.41, 5.74) is 2.81. The predicted octanol–water partition coefficient (Wildman–Crippen LogP) is 3.49. The van der Waals surface area contributed by atoms with E-state index in [2.05, 4.69) is 45.0 Å². The highest BCUT2D eigenvalue weighted by atomic mass is 16.5. The standard InChI is InChI=1S/C13H18O/c1-13(2,3)14-12-9-8-10-6-4-5-7-11(10)12/h4-7,12H,8-9H2,1-3H3. The molecule has 1 aliphatic rings. The lowest BCUT2D eigenvalue weighted by Crippen LogP contribution is -2.21. The second-order valence-electron chi connectivity index (χ2n) is 4.96. The number of fused-ring (bicyclic) bond motifs is 1. The zero-order chi connectivity index (χ0) is 10.2. The number of hydrogen-bond acceptors (Lipinski definition) is 1. The van der Waals surface area contributed by atoms with E-state index < -0.39 is 0 Å². The van der Waals surface area contributed by atoms with Crippen LogP contribution in [0, 0.1) is 0 Å². The van der Waals surface area contributed by atoms with Crippen LogP contribution in [-0.2, 0) is 11.2 Å². The minimum Gasteiger partial charge on any atom is -0.368 e. The lowest BCUT2D eigenvalue weighted by molar-refractivity contribution is -0.0605. The first-order chi connectivity index (χ1) is 6.56. The first-order valence-electron chi connectivity index (χ1n) is 5.32. The molecule has 0 heterocycles. The maximum absolute atomic E-state index is 6.03. The van der Waals surface area contributed by atoms with Gasteiger partial charge in [0, 0.05) is 0 Å². The summed E-state index contributed by atoms with van der Waals surface area (Å²) in [4.78, 5) is 0. The number of benzene rings is 1. The van der Waals surface area contributed by atoms with Crippen LogP contribution < -0.4 is 0 Å². The molecule has 0 radical (unpaired) electrons. The quantitative estimate of drug-likeness (QED) is 0.658. The summed E-state index contributed by atoms with van der Waals surface area (Å²) >= 11 is 0. The molecular weight excluding hydrogens is 172 g/mol. The Labute approximate surface area is 86.1 Å². The summed E-state index contributed by atoms with van der Waals surface area (Å²) in [5, 5.41) is 0. The van der Waals surface area contributed by atoms with Gasteiger partial charge in [-0.3, -0.25) is 0 Å². The van der Waals surface area contributed by atoms with Gasteiger partial charge < -0.3 is 4.74 Å². The Balaban J connectivity index is 2.18. The third kappa shape index (κ3) is 1.98. The van der Waals surface area contributed by atoms with E-state index in [0.29, 0.717) is 6.10 Å². The van der Waals surface area contributed by atoms with Crippen LogP contribution in [0.15, 0.2) is 24.3 Å². The molecule has 1 aromatic rings. The molecule has 0 spiro atoms. The topological polar surface area (TPSA) is 9.23 Å². The predicted molar refractivity (Wildman–Crippen MR) is 58.3 cm³/mol. The van der Waals surface area contributed by atoms with E-state index >= 15 is 0 Å². The molecule has 76 valence electrons. The Morgan fingerprint density at radius 2 is 1.93 bits per heavy atom. The molecule has 1 aromatic carbocycles. The van der Waals surface area contributed by atoms with Crippen molar-refractivity contribution in [3.05, 3.63) is 35.4 Å². The molecule has 14 heavy (non-hydrogen) atoms. The summed E-state index contributed by atoms with van der Waals surface area (Å²) in [5.74, 6) is 0. The third-order valence-electron chi connectivity index (χ3n) is 2.57. The van der Waals surface area contributed by atoms with Crippen molar-refractivity contribution < 1.29 is 4.74 Å². The smallest absolute Gasteiger partial charge is 0.0837 e. The van der Waals surface area contributed by atoms with E-state index in [0.717, 1.165) is 12.8 Å². The highest BCUT2D eigenvalue weighted by Crippen LogP contribution is 2.36. The van der Waals surface area contributed by atoms with Gasteiger partial charge in [-0.1, -0.05) is 24.3 Å². The fraction of sp³-hybridized carbons (Fsp3) is 0.538. The maximum Gasteiger partial charge on any atom is 0.0837 e. The van der Waals surface area contributed by atoms with Gasteiger partial charge in [0.2, 0.25) is 0 Å². The van der Waals surface area contributed by atoms with Crippen molar-refractivity contribution in [3.63, 3.8) is 0 Å². The largest absolute Gasteiger partial charge is 0.368 e. The molecule has 1 unspecified atom stereocenters. The van der Waals surface area contributed by atoms with Gasteiger partial charge in [0.25, 0.3) is 0 Å². The van der Waals surface area contributed by atoms with Crippen molar-refractivity contribution in [1.82, 2.24) is 0 Å². The van der Waals surface area contributed by atoms with Gasteiger partial charge in [0.05, 0.1) is 11.7 Å². The summed E-state index contributed by atoms with van der Waals surface area (Å²) in [6, 6.07) is 8.61. The van der Waals surface area contributed by atoms with Gasteiger partial charge in [-0.05, 0) is 44.7 Å². The number of aryl methyl sites for hydroxylation is 1. The van der Waals surface area contributed by atoms with E-state index in [4.69, 9.17) is 4.74 Å². The fourth-order valence-corrected chi connectivity index (χ4v) is 2.07. The normalized spacial score (nSPS) is 20.9. The van der Waals surface area contributed by atoms with Crippen LogP contribution >= 0.6 is 0 Å². The van der Waals surface area contributed by atoms with Crippen LogP contribution in [0.25, 0.3) is 0 Å².